The molecule has 3 aromatic carbocycles. The van der Waals surface area contributed by atoms with E-state index in [1.54, 1.807) is 6.20 Å². The summed E-state index contributed by atoms with van der Waals surface area (Å²) >= 11 is 0. The number of nitrogens with one attached hydrogen (secondary N) is 2. The molecule has 1 saturated heterocycles. The monoisotopic (exact) mass is 435 g/mol. The average molecular weight is 436 g/mol. The minimum atomic E-state index is -0.127. The molecule has 164 valence electrons. The van der Waals surface area contributed by atoms with E-state index >= 15 is 0 Å². The Morgan fingerprint density at radius 2 is 1.64 bits per heavy atom. The summed E-state index contributed by atoms with van der Waals surface area (Å²) in [4.78, 5) is 29.9. The summed E-state index contributed by atoms with van der Waals surface area (Å²) in [5.41, 5.74) is 5.30. The zero-order chi connectivity index (χ0) is 22.4. The molecular formula is C28H25N3O2. The maximum absolute atomic E-state index is 13.6. The fourth-order valence-electron chi connectivity index (χ4n) is 5.54. The van der Waals surface area contributed by atoms with E-state index in [9.17, 15) is 9.59 Å². The fourth-order valence-corrected chi connectivity index (χ4v) is 5.54. The number of aromatic amines is 1. The number of piperidine rings is 1. The van der Waals surface area contributed by atoms with Crippen molar-refractivity contribution in [3.8, 4) is 11.1 Å². The molecule has 0 atom stereocenters. The van der Waals surface area contributed by atoms with Gasteiger partial charge in [-0.15, -0.1) is 0 Å². The second-order valence-electron chi connectivity index (χ2n) is 9.12. The van der Waals surface area contributed by atoms with Crippen LogP contribution >= 0.6 is 0 Å². The number of aromatic nitrogens is 1. The number of hydrogen-bond acceptors (Lipinski definition) is 3. The Hall–Kier alpha value is -3.86. The lowest BCUT2D eigenvalue weighted by Gasteiger charge is -2.39. The third-order valence-electron chi connectivity index (χ3n) is 7.37. The van der Waals surface area contributed by atoms with Crippen molar-refractivity contribution in [3.05, 3.63) is 100 Å². The number of likely N-dealkylation sites (tertiary alicyclic amines) is 1. The standard InChI is InChI=1S/C28H25N3O2/c32-26-12-11-19(17-29-26)20-5-3-7-22-21(20)6-4-8-23(22)27(33)31-15-13-28(14-16-31)18-30-25-10-2-1-9-24(25)28/h1-12,17,30H,13-16,18H2,(H,29,32). The summed E-state index contributed by atoms with van der Waals surface area (Å²) in [6.07, 6.45) is 3.66. The Morgan fingerprint density at radius 3 is 2.45 bits per heavy atom. The Kier molecular flexibility index (Phi) is 4.57. The Labute approximate surface area is 192 Å². The van der Waals surface area contributed by atoms with Gasteiger partial charge in [0.2, 0.25) is 5.56 Å². The molecule has 0 bridgehead atoms. The average Bonchev–Trinajstić information content (AvgIpc) is 3.22. The molecule has 33 heavy (non-hydrogen) atoms. The smallest absolute Gasteiger partial charge is 0.254 e. The number of amides is 1. The molecule has 6 rings (SSSR count). The molecule has 2 N–H and O–H groups in total. The van der Waals surface area contributed by atoms with E-state index in [-0.39, 0.29) is 16.9 Å². The largest absolute Gasteiger partial charge is 0.384 e. The van der Waals surface area contributed by atoms with E-state index in [0.717, 1.165) is 59.9 Å². The maximum Gasteiger partial charge on any atom is 0.254 e. The molecular weight excluding hydrogens is 410 g/mol. The van der Waals surface area contributed by atoms with Crippen molar-refractivity contribution in [1.82, 2.24) is 9.88 Å². The molecule has 1 aromatic heterocycles. The SMILES string of the molecule is O=C(c1cccc2c(-c3ccc(=O)[nH]c3)cccc12)N1CCC2(CC1)CNc1ccccc12. The molecule has 1 fully saturated rings. The van der Waals surface area contributed by atoms with Gasteiger partial charge in [-0.3, -0.25) is 9.59 Å². The van der Waals surface area contributed by atoms with E-state index < -0.39 is 0 Å². The highest BCUT2D eigenvalue weighted by molar-refractivity contribution is 6.10. The minimum Gasteiger partial charge on any atom is -0.384 e. The molecule has 5 heteroatoms. The lowest BCUT2D eigenvalue weighted by atomic mass is 9.74. The van der Waals surface area contributed by atoms with E-state index in [4.69, 9.17) is 0 Å². The summed E-state index contributed by atoms with van der Waals surface area (Å²) in [5.74, 6) is 0.0910. The summed E-state index contributed by atoms with van der Waals surface area (Å²) in [6, 6.07) is 23.9. The highest BCUT2D eigenvalue weighted by Crippen LogP contribution is 2.44. The van der Waals surface area contributed by atoms with Crippen molar-refractivity contribution in [2.45, 2.75) is 18.3 Å². The van der Waals surface area contributed by atoms with Crippen LogP contribution in [0.25, 0.3) is 21.9 Å². The second kappa shape index (κ2) is 7.62. The van der Waals surface area contributed by atoms with Crippen LogP contribution in [0, 0.1) is 0 Å². The quantitative estimate of drug-likeness (QED) is 0.476. The normalized spacial score (nSPS) is 16.5. The first-order valence-electron chi connectivity index (χ1n) is 11.5. The molecule has 0 unspecified atom stereocenters. The number of nitrogens with zero attached hydrogens (tertiary/aromatic N) is 1. The molecule has 0 radical (unpaired) electrons. The van der Waals surface area contributed by atoms with Crippen molar-refractivity contribution < 1.29 is 4.79 Å². The van der Waals surface area contributed by atoms with Gasteiger partial charge in [-0.2, -0.15) is 0 Å². The third-order valence-corrected chi connectivity index (χ3v) is 7.37. The Balaban J connectivity index is 1.30. The van der Waals surface area contributed by atoms with Crippen molar-refractivity contribution in [2.24, 2.45) is 0 Å². The number of carbonyl (C=O) groups is 1. The van der Waals surface area contributed by atoms with Gasteiger partial charge < -0.3 is 15.2 Å². The van der Waals surface area contributed by atoms with Gasteiger partial charge >= 0.3 is 0 Å². The van der Waals surface area contributed by atoms with Gasteiger partial charge in [0, 0.05) is 48.6 Å². The highest BCUT2D eigenvalue weighted by Gasteiger charge is 2.42. The molecule has 1 spiro atoms. The van der Waals surface area contributed by atoms with Crippen LogP contribution in [0.3, 0.4) is 0 Å². The minimum absolute atomic E-state index is 0.0910. The van der Waals surface area contributed by atoms with Crippen LogP contribution < -0.4 is 10.9 Å². The molecule has 0 aliphatic carbocycles. The number of carbonyl (C=O) groups excluding carboxylic acids is 1. The van der Waals surface area contributed by atoms with Gasteiger partial charge in [-0.05, 0) is 58.5 Å². The zero-order valence-electron chi connectivity index (χ0n) is 18.3. The first kappa shape index (κ1) is 19.8. The number of para-hydroxylation sites is 1. The second-order valence-corrected chi connectivity index (χ2v) is 9.12. The molecule has 0 saturated carbocycles. The van der Waals surface area contributed by atoms with Crippen molar-refractivity contribution >= 4 is 22.4 Å². The molecule has 2 aliphatic heterocycles. The Morgan fingerprint density at radius 1 is 0.848 bits per heavy atom. The molecule has 5 nitrogen and oxygen atoms in total. The van der Waals surface area contributed by atoms with Gasteiger partial charge in [-0.1, -0.05) is 48.5 Å². The molecule has 3 heterocycles. The lowest BCUT2D eigenvalue weighted by Crippen LogP contribution is -2.46. The molecule has 4 aromatic rings. The third kappa shape index (κ3) is 3.23. The summed E-state index contributed by atoms with van der Waals surface area (Å²) in [6.45, 7) is 2.46. The number of pyridine rings is 1. The van der Waals surface area contributed by atoms with Crippen LogP contribution in [0.1, 0.15) is 28.8 Å². The van der Waals surface area contributed by atoms with Gasteiger partial charge in [-0.25, -0.2) is 0 Å². The van der Waals surface area contributed by atoms with E-state index in [2.05, 4.69) is 34.6 Å². The number of H-pyrrole nitrogens is 1. The number of anilines is 1. The van der Waals surface area contributed by atoms with Crippen molar-refractivity contribution in [1.29, 1.82) is 0 Å². The Bertz CT molecular complexity index is 1410. The molecule has 1 amide bonds. The van der Waals surface area contributed by atoms with Crippen LogP contribution in [-0.2, 0) is 5.41 Å². The van der Waals surface area contributed by atoms with E-state index in [1.807, 2.05) is 47.4 Å². The van der Waals surface area contributed by atoms with E-state index in [0.29, 0.717) is 0 Å². The van der Waals surface area contributed by atoms with Crippen LogP contribution in [0.15, 0.2) is 83.8 Å². The van der Waals surface area contributed by atoms with Crippen molar-refractivity contribution in [2.75, 3.05) is 25.0 Å². The zero-order valence-corrected chi connectivity index (χ0v) is 18.3. The summed E-state index contributed by atoms with van der Waals surface area (Å²) < 4.78 is 0. The number of fused-ring (bicyclic) bond motifs is 3. The first-order chi connectivity index (χ1) is 16.1. The van der Waals surface area contributed by atoms with Gasteiger partial charge in [0.05, 0.1) is 0 Å². The predicted octanol–water partition coefficient (Wildman–Crippen LogP) is 4.79. The van der Waals surface area contributed by atoms with Gasteiger partial charge in [0.1, 0.15) is 0 Å². The van der Waals surface area contributed by atoms with Crippen LogP contribution in [0.4, 0.5) is 5.69 Å². The summed E-state index contributed by atoms with van der Waals surface area (Å²) in [7, 11) is 0. The predicted molar refractivity (Wildman–Crippen MR) is 132 cm³/mol. The van der Waals surface area contributed by atoms with E-state index in [1.165, 1.54) is 17.3 Å². The van der Waals surface area contributed by atoms with Gasteiger partial charge in [0.15, 0.2) is 0 Å². The van der Waals surface area contributed by atoms with Crippen molar-refractivity contribution in [3.63, 3.8) is 0 Å². The number of benzene rings is 3. The molecule has 2 aliphatic rings. The maximum atomic E-state index is 13.6. The van der Waals surface area contributed by atoms with Crippen LogP contribution in [0.5, 0.6) is 0 Å². The lowest BCUT2D eigenvalue weighted by molar-refractivity contribution is 0.0678. The topological polar surface area (TPSA) is 65.2 Å². The first-order valence-corrected chi connectivity index (χ1v) is 11.5. The fraction of sp³-hybridized carbons (Fsp3) is 0.214. The number of hydrogen-bond donors (Lipinski definition) is 2. The van der Waals surface area contributed by atoms with Crippen LogP contribution in [-0.4, -0.2) is 35.4 Å². The number of rotatable bonds is 2. The highest BCUT2D eigenvalue weighted by atomic mass is 16.2. The summed E-state index contributed by atoms with van der Waals surface area (Å²) in [5, 5.41) is 5.52. The van der Waals surface area contributed by atoms with Gasteiger partial charge in [0.25, 0.3) is 5.91 Å². The van der Waals surface area contributed by atoms with Crippen LogP contribution in [0.2, 0.25) is 0 Å².